The van der Waals surface area contributed by atoms with E-state index in [0.717, 1.165) is 10.8 Å². The highest BCUT2D eigenvalue weighted by atomic mass is 79.9. The Bertz CT molecular complexity index is 476. The largest absolute Gasteiger partial charge is 0.440 e. The van der Waals surface area contributed by atoms with Crippen LogP contribution in [0, 0.1) is 6.92 Å². The molecule has 0 atom stereocenters. The van der Waals surface area contributed by atoms with Crippen molar-refractivity contribution in [2.45, 2.75) is 6.92 Å². The maximum atomic E-state index is 10.5. The van der Waals surface area contributed by atoms with Gasteiger partial charge in [-0.1, -0.05) is 0 Å². The van der Waals surface area contributed by atoms with Gasteiger partial charge in [0.2, 0.25) is 0 Å². The van der Waals surface area contributed by atoms with Gasteiger partial charge in [0, 0.05) is 12.5 Å². The Morgan fingerprint density at radius 3 is 3.00 bits per heavy atom. The fourth-order valence-corrected chi connectivity index (χ4v) is 1.74. The van der Waals surface area contributed by atoms with Crippen LogP contribution in [0.15, 0.2) is 21.0 Å². The number of fused-ring (bicyclic) bond motifs is 1. The molecular weight excluding hydrogens is 234 g/mol. The Morgan fingerprint density at radius 1 is 1.54 bits per heavy atom. The van der Waals surface area contributed by atoms with Crippen molar-refractivity contribution in [1.82, 2.24) is 4.98 Å². The van der Waals surface area contributed by atoms with E-state index in [0.29, 0.717) is 22.6 Å². The van der Waals surface area contributed by atoms with Gasteiger partial charge in [-0.2, -0.15) is 0 Å². The fourth-order valence-electron chi connectivity index (χ4n) is 1.19. The second kappa shape index (κ2) is 2.96. The van der Waals surface area contributed by atoms with Crippen molar-refractivity contribution >= 4 is 33.3 Å². The van der Waals surface area contributed by atoms with Gasteiger partial charge in [0.05, 0.1) is 4.47 Å². The first-order valence-corrected chi connectivity index (χ1v) is 4.52. The van der Waals surface area contributed by atoms with E-state index < -0.39 is 0 Å². The lowest BCUT2D eigenvalue weighted by Crippen LogP contribution is -1.80. The summed E-state index contributed by atoms with van der Waals surface area (Å²) in [7, 11) is 0. The first-order valence-electron chi connectivity index (χ1n) is 3.72. The quantitative estimate of drug-likeness (QED) is 0.719. The first kappa shape index (κ1) is 8.44. The molecule has 4 heteroatoms. The average molecular weight is 240 g/mol. The van der Waals surface area contributed by atoms with E-state index in [4.69, 9.17) is 4.42 Å². The molecule has 66 valence electrons. The average Bonchev–Trinajstić information content (AvgIpc) is 2.46. The lowest BCUT2D eigenvalue weighted by molar-refractivity contribution is 0.112. The Morgan fingerprint density at radius 2 is 2.31 bits per heavy atom. The lowest BCUT2D eigenvalue weighted by atomic mass is 10.2. The van der Waals surface area contributed by atoms with Crippen LogP contribution in [-0.4, -0.2) is 11.3 Å². The summed E-state index contributed by atoms with van der Waals surface area (Å²) in [6.07, 6.45) is 0.786. The fraction of sp³-hybridized carbons (Fsp3) is 0.111. The van der Waals surface area contributed by atoms with Crippen LogP contribution in [-0.2, 0) is 0 Å². The highest BCUT2D eigenvalue weighted by molar-refractivity contribution is 9.10. The molecule has 0 saturated carbocycles. The summed E-state index contributed by atoms with van der Waals surface area (Å²) in [4.78, 5) is 14.7. The number of carbonyl (C=O) groups excluding carboxylic acids is 1. The van der Waals surface area contributed by atoms with E-state index in [1.807, 2.05) is 0 Å². The standard InChI is InChI=1S/C9H6BrNO2/c1-5-11-8-3-6(4-12)2-7(10)9(8)13-5/h2-4H,1H3. The lowest BCUT2D eigenvalue weighted by Gasteiger charge is -1.92. The number of hydrogen-bond donors (Lipinski definition) is 0. The summed E-state index contributed by atoms with van der Waals surface area (Å²) in [6, 6.07) is 3.41. The molecule has 0 aliphatic carbocycles. The van der Waals surface area contributed by atoms with E-state index in [9.17, 15) is 4.79 Å². The van der Waals surface area contributed by atoms with Gasteiger partial charge in [0.25, 0.3) is 0 Å². The van der Waals surface area contributed by atoms with Crippen molar-refractivity contribution in [2.24, 2.45) is 0 Å². The zero-order valence-electron chi connectivity index (χ0n) is 6.87. The summed E-state index contributed by atoms with van der Waals surface area (Å²) in [5.41, 5.74) is 1.98. The Balaban J connectivity index is 2.82. The molecule has 0 bridgehead atoms. The van der Waals surface area contributed by atoms with Gasteiger partial charge >= 0.3 is 0 Å². The van der Waals surface area contributed by atoms with Gasteiger partial charge in [-0.25, -0.2) is 4.98 Å². The molecule has 1 heterocycles. The van der Waals surface area contributed by atoms with Crippen LogP contribution in [0.5, 0.6) is 0 Å². The molecule has 0 amide bonds. The summed E-state index contributed by atoms with van der Waals surface area (Å²) < 4.78 is 6.08. The van der Waals surface area contributed by atoms with Crippen LogP contribution < -0.4 is 0 Å². The second-order valence-corrected chi connectivity index (χ2v) is 3.56. The summed E-state index contributed by atoms with van der Waals surface area (Å²) in [6.45, 7) is 1.77. The molecular formula is C9H6BrNO2. The minimum absolute atomic E-state index is 0.590. The van der Waals surface area contributed by atoms with Crippen LogP contribution in [0.3, 0.4) is 0 Å². The number of rotatable bonds is 1. The van der Waals surface area contributed by atoms with E-state index in [1.54, 1.807) is 19.1 Å². The van der Waals surface area contributed by atoms with Crippen molar-refractivity contribution in [2.75, 3.05) is 0 Å². The van der Waals surface area contributed by atoms with E-state index in [1.165, 1.54) is 0 Å². The molecule has 0 spiro atoms. The van der Waals surface area contributed by atoms with Crippen LogP contribution in [0.25, 0.3) is 11.1 Å². The van der Waals surface area contributed by atoms with E-state index in [2.05, 4.69) is 20.9 Å². The van der Waals surface area contributed by atoms with Gasteiger partial charge < -0.3 is 4.42 Å². The molecule has 1 aromatic carbocycles. The molecule has 0 radical (unpaired) electrons. The SMILES string of the molecule is Cc1nc2cc(C=O)cc(Br)c2o1. The molecule has 0 saturated heterocycles. The van der Waals surface area contributed by atoms with E-state index >= 15 is 0 Å². The zero-order valence-corrected chi connectivity index (χ0v) is 8.46. The Labute approximate surface area is 82.9 Å². The minimum atomic E-state index is 0.590. The van der Waals surface area contributed by atoms with Crippen LogP contribution in [0.1, 0.15) is 16.2 Å². The van der Waals surface area contributed by atoms with Crippen molar-refractivity contribution in [3.63, 3.8) is 0 Å². The van der Waals surface area contributed by atoms with Crippen molar-refractivity contribution in [3.8, 4) is 0 Å². The summed E-state index contributed by atoms with van der Waals surface area (Å²) in [5.74, 6) is 0.596. The number of aromatic nitrogens is 1. The molecule has 13 heavy (non-hydrogen) atoms. The molecule has 3 nitrogen and oxygen atoms in total. The molecule has 0 unspecified atom stereocenters. The number of hydrogen-bond acceptors (Lipinski definition) is 3. The number of aryl methyl sites for hydroxylation is 1. The maximum absolute atomic E-state index is 10.5. The van der Waals surface area contributed by atoms with Gasteiger partial charge in [-0.05, 0) is 28.1 Å². The Hall–Kier alpha value is -1.16. The van der Waals surface area contributed by atoms with Gasteiger partial charge in [0.1, 0.15) is 11.8 Å². The van der Waals surface area contributed by atoms with Gasteiger partial charge in [0.15, 0.2) is 11.5 Å². The third-order valence-electron chi connectivity index (χ3n) is 1.71. The van der Waals surface area contributed by atoms with Crippen molar-refractivity contribution < 1.29 is 9.21 Å². The van der Waals surface area contributed by atoms with Crippen LogP contribution in [0.2, 0.25) is 0 Å². The number of carbonyl (C=O) groups is 1. The molecule has 0 aliphatic heterocycles. The number of nitrogens with zero attached hydrogens (tertiary/aromatic N) is 1. The highest BCUT2D eigenvalue weighted by Gasteiger charge is 2.07. The number of benzene rings is 1. The monoisotopic (exact) mass is 239 g/mol. The smallest absolute Gasteiger partial charge is 0.192 e. The Kier molecular flexibility index (Phi) is 1.92. The minimum Gasteiger partial charge on any atom is -0.440 e. The number of halogens is 1. The predicted molar refractivity (Wildman–Crippen MR) is 51.8 cm³/mol. The summed E-state index contributed by atoms with van der Waals surface area (Å²) >= 11 is 3.31. The molecule has 0 fully saturated rings. The first-order chi connectivity index (χ1) is 6.20. The van der Waals surface area contributed by atoms with E-state index in [-0.39, 0.29) is 0 Å². The normalized spacial score (nSPS) is 10.6. The molecule has 2 rings (SSSR count). The molecule has 0 N–H and O–H groups in total. The highest BCUT2D eigenvalue weighted by Crippen LogP contribution is 2.25. The van der Waals surface area contributed by atoms with Crippen LogP contribution >= 0.6 is 15.9 Å². The van der Waals surface area contributed by atoms with Crippen molar-refractivity contribution in [1.29, 1.82) is 0 Å². The van der Waals surface area contributed by atoms with Gasteiger partial charge in [-0.3, -0.25) is 4.79 Å². The number of oxazole rings is 1. The third kappa shape index (κ3) is 1.37. The predicted octanol–water partition coefficient (Wildman–Crippen LogP) is 2.71. The zero-order chi connectivity index (χ0) is 9.42. The summed E-state index contributed by atoms with van der Waals surface area (Å²) in [5, 5.41) is 0. The number of aldehydes is 1. The maximum Gasteiger partial charge on any atom is 0.192 e. The van der Waals surface area contributed by atoms with Crippen molar-refractivity contribution in [3.05, 3.63) is 28.1 Å². The molecule has 1 aromatic heterocycles. The van der Waals surface area contributed by atoms with Gasteiger partial charge in [-0.15, -0.1) is 0 Å². The second-order valence-electron chi connectivity index (χ2n) is 2.70. The molecule has 0 aliphatic rings. The third-order valence-corrected chi connectivity index (χ3v) is 2.30. The topological polar surface area (TPSA) is 43.1 Å². The molecule has 2 aromatic rings. The van der Waals surface area contributed by atoms with Crippen LogP contribution in [0.4, 0.5) is 0 Å².